The number of rotatable bonds is 9. The van der Waals surface area contributed by atoms with E-state index in [-0.39, 0.29) is 23.0 Å². The number of halogens is 3. The number of benzene rings is 2. The van der Waals surface area contributed by atoms with Crippen LogP contribution < -0.4 is 5.32 Å². The normalized spacial score (nSPS) is 14.2. The molecule has 12 heteroatoms. The number of amides is 1. The van der Waals surface area contributed by atoms with Gasteiger partial charge in [0.15, 0.2) is 16.7 Å². The van der Waals surface area contributed by atoms with Crippen LogP contribution in [-0.4, -0.2) is 56.7 Å². The molecule has 1 aliphatic heterocycles. The Kier molecular flexibility index (Phi) is 7.79. The molecular weight excluding hydrogens is 517 g/mol. The summed E-state index contributed by atoms with van der Waals surface area (Å²) in [5.74, 6) is 0.576. The highest BCUT2D eigenvalue weighted by atomic mass is 32.2. The molecule has 1 N–H and O–H groups in total. The van der Waals surface area contributed by atoms with Gasteiger partial charge in [-0.2, -0.15) is 13.2 Å². The minimum atomic E-state index is -4.49. The van der Waals surface area contributed by atoms with Gasteiger partial charge in [0, 0.05) is 18.7 Å². The smallest absolute Gasteiger partial charge is 0.416 e. The van der Waals surface area contributed by atoms with E-state index in [9.17, 15) is 18.0 Å². The molecule has 0 bridgehead atoms. The highest BCUT2D eigenvalue weighted by molar-refractivity contribution is 7.98. The van der Waals surface area contributed by atoms with Crippen molar-refractivity contribution in [2.45, 2.75) is 29.9 Å². The molecule has 38 heavy (non-hydrogen) atoms. The highest BCUT2D eigenvalue weighted by Gasteiger charge is 2.31. The zero-order valence-corrected chi connectivity index (χ0v) is 21.1. The highest BCUT2D eigenvalue weighted by Crippen LogP contribution is 2.34. The van der Waals surface area contributed by atoms with Gasteiger partial charge >= 0.3 is 6.18 Å². The van der Waals surface area contributed by atoms with Gasteiger partial charge in [-0.1, -0.05) is 48.2 Å². The van der Waals surface area contributed by atoms with Crippen molar-refractivity contribution in [1.82, 2.24) is 30.0 Å². The topological polar surface area (TPSA) is 89.1 Å². The average Bonchev–Trinajstić information content (AvgIpc) is 3.69. The Labute approximate surface area is 221 Å². The third-order valence-electron chi connectivity index (χ3n) is 6.12. The Morgan fingerprint density at radius 1 is 1.05 bits per heavy atom. The lowest BCUT2D eigenvalue weighted by molar-refractivity contribution is -0.137. The Balaban J connectivity index is 1.32. The van der Waals surface area contributed by atoms with Crippen LogP contribution in [0, 0.1) is 0 Å². The first-order chi connectivity index (χ1) is 18.4. The monoisotopic (exact) mass is 542 g/mol. The maximum absolute atomic E-state index is 13.4. The van der Waals surface area contributed by atoms with Crippen LogP contribution in [0.25, 0.3) is 17.1 Å². The Hall–Kier alpha value is -3.64. The Morgan fingerprint density at radius 3 is 2.61 bits per heavy atom. The quantitative estimate of drug-likeness (QED) is 0.296. The van der Waals surface area contributed by atoms with E-state index in [2.05, 4.69) is 25.4 Å². The number of nitrogens with one attached hydrogen (secondary N) is 1. The van der Waals surface area contributed by atoms with Crippen LogP contribution >= 0.6 is 11.8 Å². The van der Waals surface area contributed by atoms with E-state index in [4.69, 9.17) is 4.42 Å². The number of hydrogen-bond acceptors (Lipinski definition) is 7. The lowest BCUT2D eigenvalue weighted by Crippen LogP contribution is -2.33. The summed E-state index contributed by atoms with van der Waals surface area (Å²) < 4.78 is 47.3. The second kappa shape index (κ2) is 11.4. The lowest BCUT2D eigenvalue weighted by Gasteiger charge is -2.14. The van der Waals surface area contributed by atoms with Crippen LogP contribution in [0.5, 0.6) is 0 Å². The van der Waals surface area contributed by atoms with E-state index in [0.717, 1.165) is 31.8 Å². The first-order valence-electron chi connectivity index (χ1n) is 12.1. The average molecular weight is 543 g/mol. The molecule has 5 rings (SSSR count). The lowest BCUT2D eigenvalue weighted by atomic mass is 10.1. The molecule has 2 aromatic carbocycles. The minimum Gasteiger partial charge on any atom is -0.447 e. The maximum atomic E-state index is 13.4. The molecule has 0 aliphatic carbocycles. The summed E-state index contributed by atoms with van der Waals surface area (Å²) in [7, 11) is 0. The van der Waals surface area contributed by atoms with Crippen LogP contribution in [0.3, 0.4) is 0 Å². The van der Waals surface area contributed by atoms with Crippen LogP contribution in [0.4, 0.5) is 13.2 Å². The fourth-order valence-corrected chi connectivity index (χ4v) is 5.03. The standard InChI is InChI=1S/C26H25F3N6O2S/c27-26(28,29)19-9-6-10-20(15-19)35-23(18-7-2-1-3-8-18)32-33-25(35)38-17-22-31-21(16-37-22)24(36)30-11-14-34-12-4-5-13-34/h1-3,6-10,15-16H,4-5,11-14,17H2,(H,30,36). The summed E-state index contributed by atoms with van der Waals surface area (Å²) in [4.78, 5) is 19.0. The van der Waals surface area contributed by atoms with E-state index in [1.54, 1.807) is 10.6 Å². The number of thioether (sulfide) groups is 1. The number of nitrogens with zero attached hydrogens (tertiary/aromatic N) is 5. The predicted octanol–water partition coefficient (Wildman–Crippen LogP) is 5.06. The Bertz CT molecular complexity index is 1380. The minimum absolute atomic E-state index is 0.173. The third-order valence-corrected chi connectivity index (χ3v) is 7.03. The van der Waals surface area contributed by atoms with E-state index < -0.39 is 11.7 Å². The fourth-order valence-electron chi connectivity index (χ4n) is 4.22. The molecule has 0 atom stereocenters. The molecule has 4 aromatic rings. The van der Waals surface area contributed by atoms with Gasteiger partial charge in [-0.15, -0.1) is 10.2 Å². The number of aromatic nitrogens is 4. The second-order valence-corrected chi connectivity index (χ2v) is 9.72. The van der Waals surface area contributed by atoms with E-state index in [1.165, 1.54) is 36.9 Å². The Morgan fingerprint density at radius 2 is 1.84 bits per heavy atom. The summed E-state index contributed by atoms with van der Waals surface area (Å²) in [6.07, 6.45) is -0.818. The molecule has 0 unspecified atom stereocenters. The van der Waals surface area contributed by atoms with Crippen LogP contribution in [0.15, 0.2) is 70.4 Å². The van der Waals surface area contributed by atoms with Crippen LogP contribution in [-0.2, 0) is 11.9 Å². The zero-order valence-electron chi connectivity index (χ0n) is 20.3. The largest absolute Gasteiger partial charge is 0.447 e. The van der Waals surface area contributed by atoms with Crippen molar-refractivity contribution < 1.29 is 22.4 Å². The van der Waals surface area contributed by atoms with Crippen molar-refractivity contribution in [2.24, 2.45) is 0 Å². The SMILES string of the molecule is O=C(NCCN1CCCC1)c1coc(CSc2nnc(-c3ccccc3)n2-c2cccc(C(F)(F)F)c2)n1. The molecule has 0 radical (unpaired) electrons. The van der Waals surface area contributed by atoms with Gasteiger partial charge in [0.2, 0.25) is 5.89 Å². The van der Waals surface area contributed by atoms with Crippen molar-refractivity contribution in [1.29, 1.82) is 0 Å². The van der Waals surface area contributed by atoms with E-state index >= 15 is 0 Å². The fraction of sp³-hybridized carbons (Fsp3) is 0.308. The van der Waals surface area contributed by atoms with Crippen molar-refractivity contribution >= 4 is 17.7 Å². The molecule has 0 saturated carbocycles. The number of carbonyl (C=O) groups is 1. The zero-order chi connectivity index (χ0) is 26.5. The summed E-state index contributed by atoms with van der Waals surface area (Å²) in [6, 6.07) is 14.1. The third kappa shape index (κ3) is 6.08. The molecule has 2 aromatic heterocycles. The van der Waals surface area contributed by atoms with E-state index in [0.29, 0.717) is 29.0 Å². The van der Waals surface area contributed by atoms with Crippen molar-refractivity contribution in [3.05, 3.63) is 78.0 Å². The van der Waals surface area contributed by atoms with Gasteiger partial charge in [0.1, 0.15) is 6.26 Å². The summed E-state index contributed by atoms with van der Waals surface area (Å²) in [5.41, 5.74) is 0.378. The number of hydrogen-bond donors (Lipinski definition) is 1. The van der Waals surface area contributed by atoms with Crippen molar-refractivity contribution in [2.75, 3.05) is 26.2 Å². The summed E-state index contributed by atoms with van der Waals surface area (Å²) >= 11 is 1.20. The van der Waals surface area contributed by atoms with Gasteiger partial charge in [-0.05, 0) is 44.1 Å². The molecule has 3 heterocycles. The van der Waals surface area contributed by atoms with Gasteiger partial charge in [-0.3, -0.25) is 9.36 Å². The number of alkyl halides is 3. The van der Waals surface area contributed by atoms with Crippen LogP contribution in [0.2, 0.25) is 0 Å². The molecule has 1 amide bonds. The molecule has 1 fully saturated rings. The molecule has 8 nitrogen and oxygen atoms in total. The van der Waals surface area contributed by atoms with Crippen molar-refractivity contribution in [3.8, 4) is 17.1 Å². The van der Waals surface area contributed by atoms with E-state index in [1.807, 2.05) is 30.3 Å². The molecule has 1 saturated heterocycles. The number of carbonyl (C=O) groups excluding carboxylic acids is 1. The van der Waals surface area contributed by atoms with Gasteiger partial charge in [0.25, 0.3) is 5.91 Å². The first-order valence-corrected chi connectivity index (χ1v) is 13.1. The molecule has 0 spiro atoms. The molecule has 1 aliphatic rings. The number of likely N-dealkylation sites (tertiary alicyclic amines) is 1. The maximum Gasteiger partial charge on any atom is 0.416 e. The number of oxazole rings is 1. The van der Waals surface area contributed by atoms with Gasteiger partial charge in [0.05, 0.1) is 17.0 Å². The molecule has 198 valence electrons. The first kappa shape index (κ1) is 26.0. The molecular formula is C26H25F3N6O2S. The van der Waals surface area contributed by atoms with Gasteiger partial charge < -0.3 is 14.6 Å². The van der Waals surface area contributed by atoms with Gasteiger partial charge in [-0.25, -0.2) is 4.98 Å². The van der Waals surface area contributed by atoms with Crippen molar-refractivity contribution in [3.63, 3.8) is 0 Å². The summed E-state index contributed by atoms with van der Waals surface area (Å²) in [5, 5.41) is 11.7. The van der Waals surface area contributed by atoms with Crippen LogP contribution in [0.1, 0.15) is 34.8 Å². The summed E-state index contributed by atoms with van der Waals surface area (Å²) in [6.45, 7) is 3.43. The predicted molar refractivity (Wildman–Crippen MR) is 136 cm³/mol. The second-order valence-electron chi connectivity index (χ2n) is 8.78.